The second kappa shape index (κ2) is 5.89. The molecule has 0 saturated carbocycles. The van der Waals surface area contributed by atoms with Crippen LogP contribution in [0.3, 0.4) is 0 Å². The summed E-state index contributed by atoms with van der Waals surface area (Å²) in [6.07, 6.45) is 0. The molecule has 0 amide bonds. The first-order chi connectivity index (χ1) is 9.81. The lowest BCUT2D eigenvalue weighted by molar-refractivity contribution is -0.385. The molecule has 2 rings (SSSR count). The van der Waals surface area contributed by atoms with Gasteiger partial charge >= 0.3 is 0 Å². The van der Waals surface area contributed by atoms with Crippen molar-refractivity contribution in [3.63, 3.8) is 0 Å². The van der Waals surface area contributed by atoms with Crippen molar-refractivity contribution in [2.75, 3.05) is 32.0 Å². The van der Waals surface area contributed by atoms with Crippen LogP contribution < -0.4 is 10.6 Å². The molecule has 116 valence electrons. The zero-order valence-corrected chi connectivity index (χ0v) is 11.6. The van der Waals surface area contributed by atoms with Crippen molar-refractivity contribution in [1.29, 1.82) is 0 Å². The van der Waals surface area contributed by atoms with Crippen molar-refractivity contribution in [3.8, 4) is 0 Å². The van der Waals surface area contributed by atoms with Gasteiger partial charge in [-0.1, -0.05) is 0 Å². The van der Waals surface area contributed by atoms with E-state index in [4.69, 9.17) is 10.5 Å². The molecule has 0 bridgehead atoms. The number of hydrogen-bond acceptors (Lipinski definition) is 7. The van der Waals surface area contributed by atoms with Gasteiger partial charge < -0.3 is 10.5 Å². The molecule has 0 atom stereocenters. The molecule has 11 heteroatoms. The topological polar surface area (TPSA) is 128 Å². The van der Waals surface area contributed by atoms with Crippen molar-refractivity contribution in [2.24, 2.45) is 0 Å². The molecular formula is C10H13FN4O5S. The number of hydrogen-bond donors (Lipinski definition) is 2. The maximum atomic E-state index is 13.9. The highest BCUT2D eigenvalue weighted by atomic mass is 32.2. The number of ether oxygens (including phenoxy) is 1. The third-order valence-electron chi connectivity index (χ3n) is 2.80. The standard InChI is InChI=1S/C10H13FN4O5S/c11-8-5-7(15(16)17)6-9(12)10(8)21(18,19)13-14-1-3-20-4-2-14/h5-6,13H,1-4,12H2. The number of nitrogens with one attached hydrogen (secondary N) is 1. The zero-order chi connectivity index (χ0) is 15.6. The van der Waals surface area contributed by atoms with Gasteiger partial charge in [-0.15, -0.1) is 4.83 Å². The number of halogens is 1. The predicted molar refractivity (Wildman–Crippen MR) is 70.2 cm³/mol. The molecule has 3 N–H and O–H groups in total. The Balaban J connectivity index is 2.33. The van der Waals surface area contributed by atoms with E-state index in [-0.39, 0.29) is 0 Å². The first-order valence-corrected chi connectivity index (χ1v) is 7.38. The number of rotatable bonds is 4. The number of nitro groups is 1. The maximum absolute atomic E-state index is 13.9. The van der Waals surface area contributed by atoms with E-state index in [9.17, 15) is 22.9 Å². The van der Waals surface area contributed by atoms with Crippen molar-refractivity contribution < 1.29 is 22.5 Å². The van der Waals surface area contributed by atoms with Gasteiger partial charge in [-0.2, -0.15) is 0 Å². The van der Waals surface area contributed by atoms with Crippen molar-refractivity contribution >= 4 is 21.4 Å². The largest absolute Gasteiger partial charge is 0.397 e. The van der Waals surface area contributed by atoms with Gasteiger partial charge in [0.15, 0.2) is 5.82 Å². The molecule has 1 aliphatic heterocycles. The van der Waals surface area contributed by atoms with Crippen LogP contribution in [0.25, 0.3) is 0 Å². The molecular weight excluding hydrogens is 307 g/mol. The van der Waals surface area contributed by atoms with Gasteiger partial charge in [-0.3, -0.25) is 10.1 Å². The minimum atomic E-state index is -4.27. The summed E-state index contributed by atoms with van der Waals surface area (Å²) in [5.74, 6) is -1.28. The first kappa shape index (κ1) is 15.6. The van der Waals surface area contributed by atoms with E-state index in [2.05, 4.69) is 4.83 Å². The molecule has 1 aromatic carbocycles. The molecule has 0 aliphatic carbocycles. The number of nitrogens with zero attached hydrogens (tertiary/aromatic N) is 2. The van der Waals surface area contributed by atoms with E-state index in [0.717, 1.165) is 6.07 Å². The lowest BCUT2D eigenvalue weighted by Gasteiger charge is -2.26. The summed E-state index contributed by atoms with van der Waals surface area (Å²) in [6.45, 7) is 1.27. The van der Waals surface area contributed by atoms with E-state index in [1.807, 2.05) is 0 Å². The summed E-state index contributed by atoms with van der Waals surface area (Å²) in [6, 6.07) is 1.32. The Hall–Kier alpha value is -1.82. The minimum absolute atomic E-state index is 0.299. The maximum Gasteiger partial charge on any atom is 0.274 e. The number of nitrogen functional groups attached to an aromatic ring is 1. The normalized spacial score (nSPS) is 16.8. The highest BCUT2D eigenvalue weighted by Crippen LogP contribution is 2.27. The number of morpholine rings is 1. The highest BCUT2D eigenvalue weighted by molar-refractivity contribution is 7.89. The van der Waals surface area contributed by atoms with Gasteiger partial charge in [0, 0.05) is 19.2 Å². The molecule has 1 saturated heterocycles. The Bertz CT molecular complexity index is 636. The minimum Gasteiger partial charge on any atom is -0.397 e. The van der Waals surface area contributed by atoms with E-state index < -0.39 is 37.0 Å². The fraction of sp³-hybridized carbons (Fsp3) is 0.400. The van der Waals surface area contributed by atoms with Gasteiger partial charge in [0.05, 0.1) is 29.9 Å². The Morgan fingerprint density at radius 1 is 1.38 bits per heavy atom. The number of nitro benzene ring substituents is 1. The van der Waals surface area contributed by atoms with Crippen molar-refractivity contribution in [2.45, 2.75) is 4.90 Å². The van der Waals surface area contributed by atoms with Crippen LogP contribution in [0, 0.1) is 15.9 Å². The molecule has 1 heterocycles. The van der Waals surface area contributed by atoms with Gasteiger partial charge in [-0.25, -0.2) is 17.8 Å². The Morgan fingerprint density at radius 3 is 2.52 bits per heavy atom. The number of sulfonamides is 1. The van der Waals surface area contributed by atoms with Crippen molar-refractivity contribution in [3.05, 3.63) is 28.1 Å². The van der Waals surface area contributed by atoms with Crippen LogP contribution in [0.2, 0.25) is 0 Å². The summed E-state index contributed by atoms with van der Waals surface area (Å²) in [5.41, 5.74) is 4.30. The smallest absolute Gasteiger partial charge is 0.274 e. The fourth-order valence-electron chi connectivity index (χ4n) is 1.86. The van der Waals surface area contributed by atoms with Crippen LogP contribution in [0.1, 0.15) is 0 Å². The lowest BCUT2D eigenvalue weighted by atomic mass is 10.3. The quantitative estimate of drug-likeness (QED) is 0.448. The molecule has 0 unspecified atom stereocenters. The van der Waals surface area contributed by atoms with Gasteiger partial charge in [0.2, 0.25) is 0 Å². The average molecular weight is 320 g/mol. The average Bonchev–Trinajstić information content (AvgIpc) is 2.37. The number of non-ortho nitro benzene ring substituents is 1. The molecule has 9 nitrogen and oxygen atoms in total. The Kier molecular flexibility index (Phi) is 4.37. The summed E-state index contributed by atoms with van der Waals surface area (Å²) in [7, 11) is -4.27. The molecule has 21 heavy (non-hydrogen) atoms. The van der Waals surface area contributed by atoms with Crippen LogP contribution in [-0.2, 0) is 14.8 Å². The second-order valence-corrected chi connectivity index (χ2v) is 5.89. The molecule has 0 aromatic heterocycles. The fourth-order valence-corrected chi connectivity index (χ4v) is 3.16. The predicted octanol–water partition coefficient (Wildman–Crippen LogP) is -0.158. The zero-order valence-electron chi connectivity index (χ0n) is 10.8. The van der Waals surface area contributed by atoms with Gasteiger partial charge in [0.1, 0.15) is 4.90 Å². The highest BCUT2D eigenvalue weighted by Gasteiger charge is 2.28. The summed E-state index contributed by atoms with van der Waals surface area (Å²) in [5, 5.41) is 11.9. The van der Waals surface area contributed by atoms with E-state index >= 15 is 0 Å². The number of nitrogens with two attached hydrogens (primary N) is 1. The third kappa shape index (κ3) is 3.44. The van der Waals surface area contributed by atoms with Crippen LogP contribution in [0.5, 0.6) is 0 Å². The number of hydrazine groups is 1. The van der Waals surface area contributed by atoms with Crippen LogP contribution in [0.4, 0.5) is 15.8 Å². The summed E-state index contributed by atoms with van der Waals surface area (Å²) in [4.78, 5) is 11.1. The number of anilines is 1. The first-order valence-electron chi connectivity index (χ1n) is 5.90. The van der Waals surface area contributed by atoms with E-state index in [1.165, 1.54) is 5.01 Å². The monoisotopic (exact) mass is 320 g/mol. The van der Waals surface area contributed by atoms with Crippen LogP contribution >= 0.6 is 0 Å². The molecule has 0 radical (unpaired) electrons. The van der Waals surface area contributed by atoms with E-state index in [0.29, 0.717) is 32.4 Å². The van der Waals surface area contributed by atoms with Gasteiger partial charge in [-0.05, 0) is 0 Å². The summed E-state index contributed by atoms with van der Waals surface area (Å²) < 4.78 is 43.2. The molecule has 1 aliphatic rings. The van der Waals surface area contributed by atoms with Crippen LogP contribution in [-0.4, -0.2) is 44.7 Å². The van der Waals surface area contributed by atoms with Gasteiger partial charge in [0.25, 0.3) is 15.7 Å². The summed E-state index contributed by atoms with van der Waals surface area (Å²) >= 11 is 0. The second-order valence-electron chi connectivity index (χ2n) is 4.30. The van der Waals surface area contributed by atoms with Crippen molar-refractivity contribution in [1.82, 2.24) is 9.84 Å². The molecule has 0 spiro atoms. The van der Waals surface area contributed by atoms with E-state index in [1.54, 1.807) is 0 Å². The van der Waals surface area contributed by atoms with Crippen LogP contribution in [0.15, 0.2) is 17.0 Å². The Labute approximate surface area is 119 Å². The number of benzene rings is 1. The lowest BCUT2D eigenvalue weighted by Crippen LogP contribution is -2.48. The third-order valence-corrected chi connectivity index (χ3v) is 4.26. The Morgan fingerprint density at radius 2 is 2.00 bits per heavy atom. The SMILES string of the molecule is Nc1cc([N+](=O)[O-])cc(F)c1S(=O)(=O)NN1CCOCC1. The molecule has 1 fully saturated rings. The molecule has 1 aromatic rings.